The molecule has 158 valence electrons. The first-order chi connectivity index (χ1) is 15.2. The van der Waals surface area contributed by atoms with Crippen LogP contribution in [0, 0.1) is 0 Å². The zero-order chi connectivity index (χ0) is 21.2. The maximum absolute atomic E-state index is 13.1. The van der Waals surface area contributed by atoms with Gasteiger partial charge in [-0.15, -0.1) is 0 Å². The van der Waals surface area contributed by atoms with Gasteiger partial charge in [0.25, 0.3) is 5.91 Å². The summed E-state index contributed by atoms with van der Waals surface area (Å²) in [5.41, 5.74) is 1.78. The fourth-order valence-corrected chi connectivity index (χ4v) is 4.25. The molecular weight excluding hydrogens is 392 g/mol. The molecule has 1 saturated heterocycles. The lowest BCUT2D eigenvalue weighted by atomic mass is 10.0. The average molecular weight is 416 g/mol. The molecule has 0 unspecified atom stereocenters. The van der Waals surface area contributed by atoms with Crippen LogP contribution >= 0.6 is 0 Å². The Morgan fingerprint density at radius 1 is 0.806 bits per heavy atom. The van der Waals surface area contributed by atoms with Gasteiger partial charge in [0.15, 0.2) is 11.5 Å². The number of rotatable bonds is 4. The first kappa shape index (κ1) is 19.4. The Balaban J connectivity index is 1.17. The highest BCUT2D eigenvalue weighted by Gasteiger charge is 2.25. The van der Waals surface area contributed by atoms with E-state index < -0.39 is 0 Å². The van der Waals surface area contributed by atoms with Crippen LogP contribution < -0.4 is 9.47 Å². The highest BCUT2D eigenvalue weighted by Crippen LogP contribution is 2.32. The van der Waals surface area contributed by atoms with Crippen LogP contribution in [-0.2, 0) is 11.2 Å². The van der Waals surface area contributed by atoms with Gasteiger partial charge in [-0.05, 0) is 41.0 Å². The van der Waals surface area contributed by atoms with Crippen molar-refractivity contribution in [2.75, 3.05) is 33.0 Å². The molecule has 0 N–H and O–H groups in total. The maximum atomic E-state index is 13.1. The number of ether oxygens (including phenoxy) is 2. The largest absolute Gasteiger partial charge is 0.454 e. The second-order valence-corrected chi connectivity index (χ2v) is 7.89. The monoisotopic (exact) mass is 416 g/mol. The summed E-state index contributed by atoms with van der Waals surface area (Å²) >= 11 is 0. The predicted molar refractivity (Wildman–Crippen MR) is 117 cm³/mol. The van der Waals surface area contributed by atoms with Crippen LogP contribution in [0.4, 0.5) is 0 Å². The fraction of sp³-hybridized carbons (Fsp3) is 0.280. The number of fused-ring (bicyclic) bond motifs is 2. The Morgan fingerprint density at radius 2 is 1.55 bits per heavy atom. The summed E-state index contributed by atoms with van der Waals surface area (Å²) in [6.45, 7) is 2.49. The van der Waals surface area contributed by atoms with Gasteiger partial charge >= 0.3 is 0 Å². The molecule has 0 aromatic heterocycles. The molecule has 2 heterocycles. The van der Waals surface area contributed by atoms with Crippen LogP contribution in [0.1, 0.15) is 22.3 Å². The van der Waals surface area contributed by atoms with E-state index in [1.165, 1.54) is 0 Å². The third-order valence-corrected chi connectivity index (χ3v) is 6.00. The summed E-state index contributed by atoms with van der Waals surface area (Å²) in [7, 11) is 0. The zero-order valence-corrected chi connectivity index (χ0v) is 17.3. The molecule has 2 aliphatic heterocycles. The Labute approximate surface area is 181 Å². The summed E-state index contributed by atoms with van der Waals surface area (Å²) in [4.78, 5) is 29.5. The number of amides is 2. The minimum absolute atomic E-state index is 0.0317. The van der Waals surface area contributed by atoms with Crippen LogP contribution in [0.2, 0.25) is 0 Å². The normalized spacial score (nSPS) is 15.4. The summed E-state index contributed by atoms with van der Waals surface area (Å²) < 4.78 is 10.7. The van der Waals surface area contributed by atoms with E-state index in [0.29, 0.717) is 39.0 Å². The number of benzene rings is 3. The minimum Gasteiger partial charge on any atom is -0.454 e. The van der Waals surface area contributed by atoms with E-state index in [1.54, 1.807) is 0 Å². The lowest BCUT2D eigenvalue weighted by Gasteiger charge is -2.35. The van der Waals surface area contributed by atoms with E-state index in [-0.39, 0.29) is 18.6 Å². The van der Waals surface area contributed by atoms with Crippen LogP contribution in [-0.4, -0.2) is 54.6 Å². The number of piperazine rings is 1. The highest BCUT2D eigenvalue weighted by molar-refractivity contribution is 6.07. The van der Waals surface area contributed by atoms with Gasteiger partial charge in [0, 0.05) is 38.2 Å². The Bertz CT molecular complexity index is 1130. The second kappa shape index (κ2) is 8.30. The molecule has 2 amide bonds. The number of hydrogen-bond donors (Lipinski definition) is 0. The second-order valence-electron chi connectivity index (χ2n) is 7.89. The first-order valence-corrected chi connectivity index (χ1v) is 10.6. The lowest BCUT2D eigenvalue weighted by Crippen LogP contribution is -2.50. The van der Waals surface area contributed by atoms with Crippen molar-refractivity contribution >= 4 is 22.6 Å². The number of carbonyl (C=O) groups is 2. The molecule has 31 heavy (non-hydrogen) atoms. The average Bonchev–Trinajstić information content (AvgIpc) is 3.30. The summed E-state index contributed by atoms with van der Waals surface area (Å²) in [5, 5.41) is 2.03. The molecule has 5 rings (SSSR count). The van der Waals surface area contributed by atoms with Crippen molar-refractivity contribution in [3.63, 3.8) is 0 Å². The number of carbonyl (C=O) groups excluding carboxylic acids is 2. The maximum Gasteiger partial charge on any atom is 0.254 e. The van der Waals surface area contributed by atoms with Crippen molar-refractivity contribution in [2.45, 2.75) is 12.8 Å². The summed E-state index contributed by atoms with van der Waals surface area (Å²) in [5.74, 6) is 1.65. The van der Waals surface area contributed by atoms with Crippen molar-refractivity contribution in [3.8, 4) is 11.5 Å². The molecule has 0 bridgehead atoms. The van der Waals surface area contributed by atoms with Crippen molar-refractivity contribution in [1.82, 2.24) is 9.80 Å². The molecule has 0 atom stereocenters. The summed E-state index contributed by atoms with van der Waals surface area (Å²) in [6, 6.07) is 19.6. The van der Waals surface area contributed by atoms with E-state index in [2.05, 4.69) is 0 Å². The topological polar surface area (TPSA) is 59.1 Å². The third-order valence-electron chi connectivity index (χ3n) is 6.00. The van der Waals surface area contributed by atoms with Crippen LogP contribution in [0.15, 0.2) is 60.7 Å². The third kappa shape index (κ3) is 3.93. The van der Waals surface area contributed by atoms with Crippen molar-refractivity contribution in [1.29, 1.82) is 0 Å². The molecule has 1 fully saturated rings. The molecule has 0 radical (unpaired) electrons. The van der Waals surface area contributed by atoms with E-state index >= 15 is 0 Å². The molecule has 0 aliphatic carbocycles. The van der Waals surface area contributed by atoms with Gasteiger partial charge in [0.2, 0.25) is 12.7 Å². The standard InChI is InChI=1S/C25H24N2O4/c28-24(11-9-18-8-10-22-23(16-18)31-17-30-22)26-12-14-27(15-13-26)25(29)21-7-3-5-19-4-1-2-6-20(19)21/h1-8,10,16H,9,11-15,17H2. The molecule has 6 nitrogen and oxygen atoms in total. The number of aryl methyl sites for hydroxylation is 1. The van der Waals surface area contributed by atoms with E-state index in [1.807, 2.05) is 70.5 Å². The van der Waals surface area contributed by atoms with Gasteiger partial charge < -0.3 is 19.3 Å². The first-order valence-electron chi connectivity index (χ1n) is 10.6. The number of hydrogen-bond acceptors (Lipinski definition) is 4. The van der Waals surface area contributed by atoms with Crippen LogP contribution in [0.3, 0.4) is 0 Å². The quantitative estimate of drug-likeness (QED) is 0.653. The Kier molecular flexibility index (Phi) is 5.20. The fourth-order valence-electron chi connectivity index (χ4n) is 4.25. The van der Waals surface area contributed by atoms with Crippen molar-refractivity contribution in [3.05, 3.63) is 71.8 Å². The summed E-state index contributed by atoms with van der Waals surface area (Å²) in [6.07, 6.45) is 1.10. The van der Waals surface area contributed by atoms with Crippen LogP contribution in [0.5, 0.6) is 11.5 Å². The zero-order valence-electron chi connectivity index (χ0n) is 17.3. The van der Waals surface area contributed by atoms with E-state index in [9.17, 15) is 9.59 Å². The van der Waals surface area contributed by atoms with Gasteiger partial charge in [-0.3, -0.25) is 9.59 Å². The Morgan fingerprint density at radius 3 is 2.42 bits per heavy atom. The molecule has 3 aromatic rings. The Hall–Kier alpha value is -3.54. The SMILES string of the molecule is O=C(CCc1ccc2c(c1)OCO2)N1CCN(C(=O)c2cccc3ccccc23)CC1. The van der Waals surface area contributed by atoms with Crippen molar-refractivity contribution < 1.29 is 19.1 Å². The molecule has 2 aliphatic rings. The highest BCUT2D eigenvalue weighted by atomic mass is 16.7. The van der Waals surface area contributed by atoms with Gasteiger partial charge in [0.1, 0.15) is 0 Å². The van der Waals surface area contributed by atoms with Crippen LogP contribution in [0.25, 0.3) is 10.8 Å². The molecule has 0 spiro atoms. The molecule has 0 saturated carbocycles. The van der Waals surface area contributed by atoms with E-state index in [4.69, 9.17) is 9.47 Å². The molecular formula is C25H24N2O4. The van der Waals surface area contributed by atoms with Gasteiger partial charge in [-0.25, -0.2) is 0 Å². The van der Waals surface area contributed by atoms with Gasteiger partial charge in [-0.1, -0.05) is 42.5 Å². The number of nitrogens with zero attached hydrogens (tertiary/aromatic N) is 2. The molecule has 3 aromatic carbocycles. The van der Waals surface area contributed by atoms with Gasteiger partial charge in [-0.2, -0.15) is 0 Å². The lowest BCUT2D eigenvalue weighted by molar-refractivity contribution is -0.132. The predicted octanol–water partition coefficient (Wildman–Crippen LogP) is 3.49. The van der Waals surface area contributed by atoms with Crippen molar-refractivity contribution in [2.24, 2.45) is 0 Å². The smallest absolute Gasteiger partial charge is 0.254 e. The minimum atomic E-state index is 0.0317. The molecule has 6 heteroatoms. The van der Waals surface area contributed by atoms with Gasteiger partial charge in [0.05, 0.1) is 0 Å². The van der Waals surface area contributed by atoms with E-state index in [0.717, 1.165) is 33.4 Å².